The van der Waals surface area contributed by atoms with Crippen LogP contribution >= 0.6 is 15.9 Å². The molecule has 2 N–H and O–H groups in total. The van der Waals surface area contributed by atoms with E-state index in [2.05, 4.69) is 27.3 Å². The van der Waals surface area contributed by atoms with Gasteiger partial charge in [-0.05, 0) is 53.9 Å². The highest BCUT2D eigenvalue weighted by Crippen LogP contribution is 2.44. The normalized spacial score (nSPS) is 24.9. The average Bonchev–Trinajstić information content (AvgIpc) is 2.28. The van der Waals surface area contributed by atoms with E-state index in [0.29, 0.717) is 5.56 Å². The first-order valence-electron chi connectivity index (χ1n) is 5.99. The highest BCUT2D eigenvalue weighted by Gasteiger charge is 2.40. The van der Waals surface area contributed by atoms with Crippen LogP contribution in [0.1, 0.15) is 43.4 Å². The first kappa shape index (κ1) is 13.4. The van der Waals surface area contributed by atoms with Gasteiger partial charge in [-0.1, -0.05) is 6.92 Å². The van der Waals surface area contributed by atoms with Crippen LogP contribution in [0, 0.1) is 18.3 Å². The van der Waals surface area contributed by atoms with E-state index in [1.807, 2.05) is 33.8 Å². The lowest BCUT2D eigenvalue weighted by Gasteiger charge is -2.43. The molecule has 18 heavy (non-hydrogen) atoms. The zero-order valence-corrected chi connectivity index (χ0v) is 12.6. The summed E-state index contributed by atoms with van der Waals surface area (Å²) in [5, 5.41) is 23.0. The summed E-state index contributed by atoms with van der Waals surface area (Å²) in [5.41, 5.74) is 3.21. The summed E-state index contributed by atoms with van der Waals surface area (Å²) in [4.78, 5) is 0. The summed E-state index contributed by atoms with van der Waals surface area (Å²) in [7, 11) is 0. The second kappa shape index (κ2) is 4.25. The molecule has 0 spiro atoms. The minimum atomic E-state index is -0.522. The minimum absolute atomic E-state index is 0.0675. The molecule has 0 aliphatic carbocycles. The highest BCUT2D eigenvalue weighted by atomic mass is 79.9. The van der Waals surface area contributed by atoms with Gasteiger partial charge in [0.2, 0.25) is 0 Å². The topological polar surface area (TPSA) is 56.0 Å². The number of rotatable bonds is 0. The zero-order chi connectivity index (χ0) is 13.7. The molecular formula is C14H17BrN2O. The van der Waals surface area contributed by atoms with Crippen LogP contribution in [0.5, 0.6) is 0 Å². The van der Waals surface area contributed by atoms with Crippen LogP contribution in [0.2, 0.25) is 0 Å². The first-order valence-corrected chi connectivity index (χ1v) is 6.78. The maximum absolute atomic E-state index is 10.4. The molecule has 1 heterocycles. The van der Waals surface area contributed by atoms with Crippen molar-refractivity contribution in [2.45, 2.75) is 45.3 Å². The van der Waals surface area contributed by atoms with Crippen molar-refractivity contribution >= 4 is 21.6 Å². The Balaban J connectivity index is 2.75. The number of nitriles is 1. The Morgan fingerprint density at radius 1 is 1.50 bits per heavy atom. The molecule has 4 heteroatoms. The second-order valence-corrected chi connectivity index (χ2v) is 6.39. The maximum Gasteiger partial charge on any atom is 0.101 e. The molecule has 96 valence electrons. The van der Waals surface area contributed by atoms with Gasteiger partial charge in [0.1, 0.15) is 6.07 Å². The van der Waals surface area contributed by atoms with Crippen LogP contribution < -0.4 is 5.32 Å². The van der Waals surface area contributed by atoms with Crippen LogP contribution in [-0.4, -0.2) is 16.7 Å². The lowest BCUT2D eigenvalue weighted by atomic mass is 9.76. The monoisotopic (exact) mass is 308 g/mol. The van der Waals surface area contributed by atoms with Gasteiger partial charge in [0.05, 0.1) is 17.2 Å². The van der Waals surface area contributed by atoms with Gasteiger partial charge < -0.3 is 10.4 Å². The lowest BCUT2D eigenvalue weighted by molar-refractivity contribution is 0.0867. The molecule has 0 fully saturated rings. The number of anilines is 1. The van der Waals surface area contributed by atoms with E-state index >= 15 is 0 Å². The van der Waals surface area contributed by atoms with Crippen molar-refractivity contribution in [1.82, 2.24) is 0 Å². The van der Waals surface area contributed by atoms with Gasteiger partial charge in [0.25, 0.3) is 0 Å². The number of halogens is 1. The molecule has 1 aromatic carbocycles. The Bertz CT molecular complexity index is 546. The largest absolute Gasteiger partial charge is 0.390 e. The fourth-order valence-corrected chi connectivity index (χ4v) is 3.36. The first-order chi connectivity index (χ1) is 8.29. The third kappa shape index (κ3) is 1.82. The molecule has 0 aromatic heterocycles. The summed E-state index contributed by atoms with van der Waals surface area (Å²) in [6.45, 7) is 7.94. The quantitative estimate of drug-likeness (QED) is 0.773. The smallest absolute Gasteiger partial charge is 0.101 e. The highest BCUT2D eigenvalue weighted by molar-refractivity contribution is 9.10. The SMILES string of the molecule is Cc1cc(Br)c(C#N)c2c1NC(C)(C)[C@H](O)[C@H]2C. The molecule has 0 amide bonds. The molecule has 0 saturated heterocycles. The van der Waals surface area contributed by atoms with Crippen molar-refractivity contribution < 1.29 is 5.11 Å². The number of benzene rings is 1. The Morgan fingerprint density at radius 2 is 2.11 bits per heavy atom. The Hall–Kier alpha value is -1.05. The molecule has 1 aromatic rings. The fourth-order valence-electron chi connectivity index (χ4n) is 2.71. The van der Waals surface area contributed by atoms with Gasteiger partial charge >= 0.3 is 0 Å². The lowest BCUT2D eigenvalue weighted by Crippen LogP contribution is -2.50. The van der Waals surface area contributed by atoms with Crippen molar-refractivity contribution in [3.8, 4) is 6.07 Å². The number of aliphatic hydroxyl groups excluding tert-OH is 1. The van der Waals surface area contributed by atoms with Crippen LogP contribution in [0.15, 0.2) is 10.5 Å². The summed E-state index contributed by atoms with van der Waals surface area (Å²) >= 11 is 3.43. The molecule has 2 rings (SSSR count). The molecule has 1 aliphatic rings. The van der Waals surface area contributed by atoms with Crippen molar-refractivity contribution in [2.24, 2.45) is 0 Å². The van der Waals surface area contributed by atoms with Gasteiger partial charge in [-0.15, -0.1) is 0 Å². The molecule has 2 atom stereocenters. The number of aryl methyl sites for hydroxylation is 1. The number of fused-ring (bicyclic) bond motifs is 1. The van der Waals surface area contributed by atoms with Gasteiger partial charge in [0.15, 0.2) is 0 Å². The Morgan fingerprint density at radius 3 is 2.67 bits per heavy atom. The van der Waals surface area contributed by atoms with Crippen molar-refractivity contribution in [1.29, 1.82) is 5.26 Å². The van der Waals surface area contributed by atoms with Gasteiger partial charge in [-0.25, -0.2) is 0 Å². The number of hydrogen-bond donors (Lipinski definition) is 2. The summed E-state index contributed by atoms with van der Waals surface area (Å²) in [6, 6.07) is 4.18. The van der Waals surface area contributed by atoms with E-state index in [0.717, 1.165) is 21.3 Å². The van der Waals surface area contributed by atoms with Crippen LogP contribution in [0.4, 0.5) is 5.69 Å². The third-order valence-corrected chi connectivity index (χ3v) is 4.37. The van der Waals surface area contributed by atoms with Crippen LogP contribution in [-0.2, 0) is 0 Å². The van der Waals surface area contributed by atoms with Gasteiger partial charge in [-0.3, -0.25) is 0 Å². The number of hydrogen-bond acceptors (Lipinski definition) is 3. The fraction of sp³-hybridized carbons (Fsp3) is 0.500. The van der Waals surface area contributed by atoms with E-state index in [1.54, 1.807) is 0 Å². The molecule has 0 radical (unpaired) electrons. The minimum Gasteiger partial charge on any atom is -0.390 e. The van der Waals surface area contributed by atoms with E-state index in [9.17, 15) is 10.4 Å². The molecule has 0 bridgehead atoms. The predicted octanol–water partition coefficient (Wildman–Crippen LogP) is 3.30. The van der Waals surface area contributed by atoms with Gasteiger partial charge in [0, 0.05) is 16.1 Å². The van der Waals surface area contributed by atoms with Crippen molar-refractivity contribution in [2.75, 3.05) is 5.32 Å². The van der Waals surface area contributed by atoms with Crippen molar-refractivity contribution in [3.63, 3.8) is 0 Å². The van der Waals surface area contributed by atoms with E-state index in [1.165, 1.54) is 0 Å². The predicted molar refractivity (Wildman–Crippen MR) is 75.7 cm³/mol. The number of nitrogens with one attached hydrogen (secondary N) is 1. The third-order valence-electron chi connectivity index (χ3n) is 3.74. The molecule has 0 saturated carbocycles. The maximum atomic E-state index is 10.4. The standard InChI is InChI=1S/C14H17BrN2O/c1-7-5-10(15)9(6-16)11-8(2)13(18)14(3,4)17-12(7)11/h5,8,13,17-18H,1-4H3/t8-,13+/m0/s1. The Kier molecular flexibility index (Phi) is 3.16. The summed E-state index contributed by atoms with van der Waals surface area (Å²) < 4.78 is 0.793. The van der Waals surface area contributed by atoms with Crippen LogP contribution in [0.3, 0.4) is 0 Å². The van der Waals surface area contributed by atoms with E-state index in [4.69, 9.17) is 0 Å². The Labute approximate surface area is 116 Å². The molecule has 3 nitrogen and oxygen atoms in total. The molecule has 1 aliphatic heterocycles. The second-order valence-electron chi connectivity index (χ2n) is 5.53. The average molecular weight is 309 g/mol. The summed E-state index contributed by atoms with van der Waals surface area (Å²) in [6.07, 6.45) is -0.522. The van der Waals surface area contributed by atoms with E-state index < -0.39 is 11.6 Å². The molecule has 0 unspecified atom stereocenters. The molecular weight excluding hydrogens is 292 g/mol. The number of nitrogens with zero attached hydrogens (tertiary/aromatic N) is 1. The van der Waals surface area contributed by atoms with Crippen LogP contribution in [0.25, 0.3) is 0 Å². The van der Waals surface area contributed by atoms with Crippen molar-refractivity contribution in [3.05, 3.63) is 27.2 Å². The number of aliphatic hydroxyl groups is 1. The van der Waals surface area contributed by atoms with Gasteiger partial charge in [-0.2, -0.15) is 5.26 Å². The summed E-state index contributed by atoms with van der Waals surface area (Å²) in [5.74, 6) is -0.0675. The zero-order valence-electron chi connectivity index (χ0n) is 11.0. The van der Waals surface area contributed by atoms with E-state index in [-0.39, 0.29) is 5.92 Å².